The third-order valence-electron chi connectivity index (χ3n) is 3.30. The molecule has 0 aliphatic rings. The molecule has 22 heavy (non-hydrogen) atoms. The SMILES string of the molecule is CSc1cc(C(=O)NCC(O)c2cccc(C)c2)ccc1F. The maximum absolute atomic E-state index is 13.4. The number of thioether (sulfide) groups is 1. The molecule has 2 aromatic rings. The van der Waals surface area contributed by atoms with E-state index in [0.717, 1.165) is 11.1 Å². The number of amides is 1. The van der Waals surface area contributed by atoms with Crippen molar-refractivity contribution in [1.82, 2.24) is 5.32 Å². The van der Waals surface area contributed by atoms with E-state index in [1.165, 1.54) is 30.0 Å². The summed E-state index contributed by atoms with van der Waals surface area (Å²) in [5.41, 5.74) is 2.18. The van der Waals surface area contributed by atoms with E-state index in [2.05, 4.69) is 5.32 Å². The second kappa shape index (κ2) is 7.42. The highest BCUT2D eigenvalue weighted by Crippen LogP contribution is 2.20. The smallest absolute Gasteiger partial charge is 0.251 e. The Morgan fingerprint density at radius 2 is 2.09 bits per heavy atom. The Kier molecular flexibility index (Phi) is 5.57. The van der Waals surface area contributed by atoms with E-state index < -0.39 is 6.10 Å². The van der Waals surface area contributed by atoms with Crippen LogP contribution in [0.5, 0.6) is 0 Å². The topological polar surface area (TPSA) is 49.3 Å². The highest BCUT2D eigenvalue weighted by molar-refractivity contribution is 7.98. The van der Waals surface area contributed by atoms with Gasteiger partial charge in [0.15, 0.2) is 0 Å². The van der Waals surface area contributed by atoms with Gasteiger partial charge in [-0.05, 0) is 36.9 Å². The molecule has 116 valence electrons. The molecule has 0 saturated carbocycles. The molecule has 2 N–H and O–H groups in total. The van der Waals surface area contributed by atoms with E-state index in [-0.39, 0.29) is 18.3 Å². The number of nitrogens with one attached hydrogen (secondary N) is 1. The Morgan fingerprint density at radius 1 is 1.32 bits per heavy atom. The predicted molar refractivity (Wildman–Crippen MR) is 86.7 cm³/mol. The molecule has 1 amide bonds. The Labute approximate surface area is 133 Å². The molecule has 3 nitrogen and oxygen atoms in total. The van der Waals surface area contributed by atoms with Crippen LogP contribution in [0.2, 0.25) is 0 Å². The van der Waals surface area contributed by atoms with Crippen LogP contribution in [0.4, 0.5) is 4.39 Å². The Morgan fingerprint density at radius 3 is 2.77 bits per heavy atom. The standard InChI is InChI=1S/C17H18FNO2S/c1-11-4-3-5-12(8-11)15(20)10-19-17(21)13-6-7-14(18)16(9-13)22-2/h3-9,15,20H,10H2,1-2H3,(H,19,21). The molecule has 0 bridgehead atoms. The molecule has 0 radical (unpaired) electrons. The van der Waals surface area contributed by atoms with E-state index >= 15 is 0 Å². The number of aliphatic hydroxyl groups is 1. The van der Waals surface area contributed by atoms with Crippen molar-refractivity contribution in [2.75, 3.05) is 12.8 Å². The van der Waals surface area contributed by atoms with Crippen molar-refractivity contribution in [2.24, 2.45) is 0 Å². The first-order valence-corrected chi connectivity index (χ1v) is 8.10. The van der Waals surface area contributed by atoms with Crippen molar-refractivity contribution in [3.8, 4) is 0 Å². The molecule has 2 rings (SSSR count). The summed E-state index contributed by atoms with van der Waals surface area (Å²) in [6.07, 6.45) is 0.978. The Bertz CT molecular complexity index is 675. The van der Waals surface area contributed by atoms with Crippen molar-refractivity contribution in [2.45, 2.75) is 17.9 Å². The van der Waals surface area contributed by atoms with Crippen LogP contribution in [0.25, 0.3) is 0 Å². The first kappa shape index (κ1) is 16.5. The Balaban J connectivity index is 2.00. The predicted octanol–water partition coefficient (Wildman–Crippen LogP) is 3.32. The monoisotopic (exact) mass is 319 g/mol. The number of rotatable bonds is 5. The fourth-order valence-corrected chi connectivity index (χ4v) is 2.60. The van der Waals surface area contributed by atoms with Crippen LogP contribution < -0.4 is 5.32 Å². The summed E-state index contributed by atoms with van der Waals surface area (Å²) in [6, 6.07) is 11.7. The number of aryl methyl sites for hydroxylation is 1. The van der Waals surface area contributed by atoms with Gasteiger partial charge in [0.25, 0.3) is 5.91 Å². The lowest BCUT2D eigenvalue weighted by Crippen LogP contribution is -2.28. The number of carbonyl (C=O) groups excluding carboxylic acids is 1. The molecule has 0 aliphatic carbocycles. The van der Waals surface area contributed by atoms with E-state index in [4.69, 9.17) is 0 Å². The van der Waals surface area contributed by atoms with E-state index in [1.807, 2.05) is 31.2 Å². The third-order valence-corrected chi connectivity index (χ3v) is 4.05. The van der Waals surface area contributed by atoms with Gasteiger partial charge in [-0.1, -0.05) is 29.8 Å². The van der Waals surface area contributed by atoms with Gasteiger partial charge in [-0.3, -0.25) is 4.79 Å². The third kappa shape index (κ3) is 4.08. The first-order valence-electron chi connectivity index (χ1n) is 6.87. The van der Waals surface area contributed by atoms with Crippen molar-refractivity contribution in [1.29, 1.82) is 0 Å². The zero-order valence-electron chi connectivity index (χ0n) is 12.5. The molecule has 0 fully saturated rings. The molecule has 0 saturated heterocycles. The molecule has 0 spiro atoms. The highest BCUT2D eigenvalue weighted by Gasteiger charge is 2.12. The minimum Gasteiger partial charge on any atom is -0.387 e. The van der Waals surface area contributed by atoms with Crippen LogP contribution in [0.15, 0.2) is 47.4 Å². The summed E-state index contributed by atoms with van der Waals surface area (Å²) in [4.78, 5) is 12.5. The average molecular weight is 319 g/mol. The van der Waals surface area contributed by atoms with Crippen LogP contribution in [0.3, 0.4) is 0 Å². The largest absolute Gasteiger partial charge is 0.387 e. The van der Waals surface area contributed by atoms with Crippen molar-refractivity contribution in [3.63, 3.8) is 0 Å². The van der Waals surface area contributed by atoms with Crippen molar-refractivity contribution in [3.05, 3.63) is 65.0 Å². The van der Waals surface area contributed by atoms with Gasteiger partial charge in [-0.2, -0.15) is 0 Å². The normalized spacial score (nSPS) is 12.0. The molecule has 5 heteroatoms. The van der Waals surface area contributed by atoms with Gasteiger partial charge in [-0.15, -0.1) is 11.8 Å². The minimum absolute atomic E-state index is 0.105. The van der Waals surface area contributed by atoms with E-state index in [0.29, 0.717) is 10.5 Å². The average Bonchev–Trinajstić information content (AvgIpc) is 2.52. The van der Waals surface area contributed by atoms with Crippen LogP contribution in [0, 0.1) is 12.7 Å². The summed E-state index contributed by atoms with van der Waals surface area (Å²) in [5, 5.41) is 12.8. The molecule has 0 aromatic heterocycles. The second-order valence-electron chi connectivity index (χ2n) is 4.99. The lowest BCUT2D eigenvalue weighted by Gasteiger charge is -2.13. The zero-order chi connectivity index (χ0) is 16.1. The molecule has 0 heterocycles. The van der Waals surface area contributed by atoms with Gasteiger partial charge in [0.1, 0.15) is 5.82 Å². The number of halogens is 1. The molecule has 1 unspecified atom stereocenters. The van der Waals surface area contributed by atoms with Crippen LogP contribution in [0.1, 0.15) is 27.6 Å². The highest BCUT2D eigenvalue weighted by atomic mass is 32.2. The number of hydrogen-bond donors (Lipinski definition) is 2. The molecule has 0 aliphatic heterocycles. The van der Waals surface area contributed by atoms with Gasteiger partial charge >= 0.3 is 0 Å². The maximum atomic E-state index is 13.4. The number of carbonyl (C=O) groups is 1. The van der Waals surface area contributed by atoms with Gasteiger partial charge in [0.05, 0.1) is 6.10 Å². The lowest BCUT2D eigenvalue weighted by molar-refractivity contribution is 0.0916. The fraction of sp³-hybridized carbons (Fsp3) is 0.235. The van der Waals surface area contributed by atoms with Crippen LogP contribution in [-0.2, 0) is 0 Å². The van der Waals surface area contributed by atoms with E-state index in [1.54, 1.807) is 6.26 Å². The quantitative estimate of drug-likeness (QED) is 0.831. The summed E-state index contributed by atoms with van der Waals surface area (Å²) in [5.74, 6) is -0.675. The van der Waals surface area contributed by atoms with Crippen LogP contribution in [-0.4, -0.2) is 23.8 Å². The maximum Gasteiger partial charge on any atom is 0.251 e. The Hall–Kier alpha value is -1.85. The van der Waals surface area contributed by atoms with Gasteiger partial charge in [-0.25, -0.2) is 4.39 Å². The van der Waals surface area contributed by atoms with Gasteiger partial charge in [0, 0.05) is 17.0 Å². The van der Waals surface area contributed by atoms with Crippen molar-refractivity contribution >= 4 is 17.7 Å². The fourth-order valence-electron chi connectivity index (χ4n) is 2.09. The second-order valence-corrected chi connectivity index (χ2v) is 5.84. The number of aliphatic hydroxyl groups excluding tert-OH is 1. The molecular formula is C17H18FNO2S. The summed E-state index contributed by atoms with van der Waals surface area (Å²) in [7, 11) is 0. The minimum atomic E-state index is -0.774. The van der Waals surface area contributed by atoms with Crippen LogP contribution >= 0.6 is 11.8 Å². The first-order chi connectivity index (χ1) is 10.5. The summed E-state index contributed by atoms with van der Waals surface area (Å²) >= 11 is 1.25. The lowest BCUT2D eigenvalue weighted by atomic mass is 10.1. The number of hydrogen-bond acceptors (Lipinski definition) is 3. The zero-order valence-corrected chi connectivity index (χ0v) is 13.3. The van der Waals surface area contributed by atoms with Gasteiger partial charge in [0.2, 0.25) is 0 Å². The number of benzene rings is 2. The molecule has 2 aromatic carbocycles. The van der Waals surface area contributed by atoms with Gasteiger partial charge < -0.3 is 10.4 Å². The summed E-state index contributed by atoms with van der Waals surface area (Å²) in [6.45, 7) is 2.05. The van der Waals surface area contributed by atoms with E-state index in [9.17, 15) is 14.3 Å². The summed E-state index contributed by atoms with van der Waals surface area (Å²) < 4.78 is 13.4. The van der Waals surface area contributed by atoms with Crippen molar-refractivity contribution < 1.29 is 14.3 Å². The molecule has 1 atom stereocenters. The molecular weight excluding hydrogens is 301 g/mol.